The fourth-order valence-electron chi connectivity index (χ4n) is 2.12. The van der Waals surface area contributed by atoms with Gasteiger partial charge in [-0.1, -0.05) is 18.2 Å². The summed E-state index contributed by atoms with van der Waals surface area (Å²) in [6, 6.07) is 10.4. The number of allylic oxidation sites excluding steroid dienone is 1. The third-order valence-electron chi connectivity index (χ3n) is 2.99. The van der Waals surface area contributed by atoms with Gasteiger partial charge < -0.3 is 4.42 Å². The highest BCUT2D eigenvalue weighted by Gasteiger charge is 2.17. The quantitative estimate of drug-likeness (QED) is 0.691. The standard InChI is InChI=1S/C15H13O/c1-10-4-3-5-12-8-13(9-14(10)12)15-7-6-11(2)16-15/h3-9H,1-2H3. The molecule has 0 saturated carbocycles. The number of aryl methyl sites for hydroxylation is 2. The molecule has 0 saturated heterocycles. The molecule has 0 fully saturated rings. The van der Waals surface area contributed by atoms with Crippen molar-refractivity contribution in [1.29, 1.82) is 0 Å². The molecule has 79 valence electrons. The summed E-state index contributed by atoms with van der Waals surface area (Å²) in [6.07, 6.45) is 4.38. The van der Waals surface area contributed by atoms with Crippen LogP contribution in [0, 0.1) is 20.3 Å². The van der Waals surface area contributed by atoms with E-state index in [4.69, 9.17) is 4.42 Å². The average Bonchev–Trinajstić information content (AvgIpc) is 2.84. The summed E-state index contributed by atoms with van der Waals surface area (Å²) in [5, 5.41) is 0. The minimum absolute atomic E-state index is 0.952. The Bertz CT molecular complexity index is 573. The first kappa shape index (κ1) is 9.46. The van der Waals surface area contributed by atoms with Gasteiger partial charge in [0.25, 0.3) is 0 Å². The molecule has 0 amide bonds. The van der Waals surface area contributed by atoms with Crippen LogP contribution in [0.2, 0.25) is 0 Å². The van der Waals surface area contributed by atoms with Crippen LogP contribution in [-0.4, -0.2) is 0 Å². The van der Waals surface area contributed by atoms with Crippen LogP contribution in [0.4, 0.5) is 0 Å². The number of hydrogen-bond acceptors (Lipinski definition) is 1. The van der Waals surface area contributed by atoms with Gasteiger partial charge in [0.2, 0.25) is 0 Å². The van der Waals surface area contributed by atoms with E-state index in [2.05, 4.69) is 37.6 Å². The van der Waals surface area contributed by atoms with E-state index in [9.17, 15) is 0 Å². The van der Waals surface area contributed by atoms with Gasteiger partial charge in [-0.05, 0) is 48.7 Å². The fraction of sp³-hybridized carbons (Fsp3) is 0.133. The lowest BCUT2D eigenvalue weighted by atomic mass is 10.0. The molecule has 1 aromatic carbocycles. The molecule has 0 aliphatic heterocycles. The van der Waals surface area contributed by atoms with Crippen molar-refractivity contribution in [2.45, 2.75) is 13.8 Å². The summed E-state index contributed by atoms with van der Waals surface area (Å²) in [5.74, 6) is 1.91. The van der Waals surface area contributed by atoms with Gasteiger partial charge in [-0.15, -0.1) is 0 Å². The Labute approximate surface area is 95.4 Å². The lowest BCUT2D eigenvalue weighted by Gasteiger charge is -2.00. The average molecular weight is 209 g/mol. The molecule has 1 aliphatic rings. The zero-order valence-corrected chi connectivity index (χ0v) is 9.45. The molecular formula is C15H13O. The Balaban J connectivity index is 2.05. The first-order valence-electron chi connectivity index (χ1n) is 5.47. The highest BCUT2D eigenvalue weighted by Crippen LogP contribution is 2.35. The summed E-state index contributed by atoms with van der Waals surface area (Å²) in [5.41, 5.74) is 5.07. The van der Waals surface area contributed by atoms with Crippen molar-refractivity contribution in [2.75, 3.05) is 0 Å². The van der Waals surface area contributed by atoms with Crippen LogP contribution in [0.3, 0.4) is 0 Å². The Hall–Kier alpha value is -1.76. The van der Waals surface area contributed by atoms with Gasteiger partial charge in [0.05, 0.1) is 0 Å². The molecule has 2 aromatic rings. The van der Waals surface area contributed by atoms with Crippen LogP contribution in [0.1, 0.15) is 28.2 Å². The number of furan rings is 1. The molecule has 1 heterocycles. The van der Waals surface area contributed by atoms with Crippen molar-refractivity contribution in [3.8, 4) is 0 Å². The van der Waals surface area contributed by atoms with Gasteiger partial charge in [0.15, 0.2) is 0 Å². The zero-order chi connectivity index (χ0) is 11.1. The molecule has 1 nitrogen and oxygen atoms in total. The predicted octanol–water partition coefficient (Wildman–Crippen LogP) is 4.00. The second-order valence-electron chi connectivity index (χ2n) is 4.23. The SMILES string of the molecule is Cc1ccc(C2=Cc3c(C)cccc3[CH]2)o1. The van der Waals surface area contributed by atoms with Crippen molar-refractivity contribution in [1.82, 2.24) is 0 Å². The summed E-state index contributed by atoms with van der Waals surface area (Å²) in [6.45, 7) is 4.11. The van der Waals surface area contributed by atoms with E-state index in [0.717, 1.165) is 17.1 Å². The molecule has 0 atom stereocenters. The molecule has 0 spiro atoms. The summed E-state index contributed by atoms with van der Waals surface area (Å²) < 4.78 is 5.64. The molecule has 1 aliphatic carbocycles. The number of hydrogen-bond donors (Lipinski definition) is 0. The lowest BCUT2D eigenvalue weighted by Crippen LogP contribution is -1.83. The second kappa shape index (κ2) is 3.38. The first-order valence-corrected chi connectivity index (χ1v) is 5.47. The highest BCUT2D eigenvalue weighted by molar-refractivity contribution is 5.93. The van der Waals surface area contributed by atoms with Crippen molar-refractivity contribution < 1.29 is 4.42 Å². The molecule has 0 unspecified atom stereocenters. The molecule has 1 aromatic heterocycles. The Morgan fingerprint density at radius 2 is 1.88 bits per heavy atom. The van der Waals surface area contributed by atoms with E-state index in [1.165, 1.54) is 16.7 Å². The van der Waals surface area contributed by atoms with E-state index < -0.39 is 0 Å². The van der Waals surface area contributed by atoms with Gasteiger partial charge in [-0.25, -0.2) is 0 Å². The van der Waals surface area contributed by atoms with Crippen LogP contribution in [0.15, 0.2) is 34.7 Å². The number of rotatable bonds is 1. The molecule has 0 N–H and O–H groups in total. The molecule has 3 rings (SSSR count). The van der Waals surface area contributed by atoms with Crippen molar-refractivity contribution >= 4 is 11.6 Å². The molecule has 16 heavy (non-hydrogen) atoms. The first-order chi connectivity index (χ1) is 7.74. The Morgan fingerprint density at radius 3 is 2.56 bits per heavy atom. The minimum Gasteiger partial charge on any atom is -0.462 e. The maximum absolute atomic E-state index is 5.64. The smallest absolute Gasteiger partial charge is 0.130 e. The van der Waals surface area contributed by atoms with E-state index in [1.54, 1.807) is 0 Å². The van der Waals surface area contributed by atoms with Crippen LogP contribution in [-0.2, 0) is 0 Å². The third-order valence-corrected chi connectivity index (χ3v) is 2.99. The zero-order valence-electron chi connectivity index (χ0n) is 9.45. The second-order valence-corrected chi connectivity index (χ2v) is 4.23. The molecule has 1 radical (unpaired) electrons. The van der Waals surface area contributed by atoms with Crippen molar-refractivity contribution in [2.24, 2.45) is 0 Å². The molecular weight excluding hydrogens is 196 g/mol. The van der Waals surface area contributed by atoms with Gasteiger partial charge in [0, 0.05) is 12.0 Å². The largest absolute Gasteiger partial charge is 0.462 e. The van der Waals surface area contributed by atoms with E-state index >= 15 is 0 Å². The van der Waals surface area contributed by atoms with Gasteiger partial charge in [-0.3, -0.25) is 0 Å². The minimum atomic E-state index is 0.952. The van der Waals surface area contributed by atoms with Crippen molar-refractivity contribution in [3.05, 3.63) is 65.0 Å². The normalized spacial score (nSPS) is 13.8. The van der Waals surface area contributed by atoms with Crippen LogP contribution < -0.4 is 0 Å². The van der Waals surface area contributed by atoms with Crippen LogP contribution in [0.25, 0.3) is 11.6 Å². The predicted molar refractivity (Wildman–Crippen MR) is 65.9 cm³/mol. The Morgan fingerprint density at radius 1 is 1.00 bits per heavy atom. The van der Waals surface area contributed by atoms with E-state index in [-0.39, 0.29) is 0 Å². The highest BCUT2D eigenvalue weighted by atomic mass is 16.3. The maximum Gasteiger partial charge on any atom is 0.130 e. The van der Waals surface area contributed by atoms with E-state index in [0.29, 0.717) is 0 Å². The summed E-state index contributed by atoms with van der Waals surface area (Å²) in [7, 11) is 0. The van der Waals surface area contributed by atoms with Gasteiger partial charge in [-0.2, -0.15) is 0 Å². The van der Waals surface area contributed by atoms with Crippen LogP contribution >= 0.6 is 0 Å². The summed E-state index contributed by atoms with van der Waals surface area (Å²) in [4.78, 5) is 0. The van der Waals surface area contributed by atoms with E-state index in [1.807, 2.05) is 19.1 Å². The van der Waals surface area contributed by atoms with Crippen molar-refractivity contribution in [3.63, 3.8) is 0 Å². The number of benzene rings is 1. The van der Waals surface area contributed by atoms with Gasteiger partial charge >= 0.3 is 0 Å². The number of fused-ring (bicyclic) bond motifs is 1. The van der Waals surface area contributed by atoms with Crippen LogP contribution in [0.5, 0.6) is 0 Å². The monoisotopic (exact) mass is 209 g/mol. The summed E-state index contributed by atoms with van der Waals surface area (Å²) >= 11 is 0. The molecule has 1 heteroatoms. The molecule has 0 bridgehead atoms. The lowest BCUT2D eigenvalue weighted by molar-refractivity contribution is 0.522. The topological polar surface area (TPSA) is 13.1 Å². The van der Waals surface area contributed by atoms with Gasteiger partial charge in [0.1, 0.15) is 11.5 Å². The maximum atomic E-state index is 5.64. The Kier molecular flexibility index (Phi) is 2.00. The fourth-order valence-corrected chi connectivity index (χ4v) is 2.12. The third kappa shape index (κ3) is 1.40.